The van der Waals surface area contributed by atoms with Crippen LogP contribution in [0.3, 0.4) is 0 Å². The van der Waals surface area contributed by atoms with E-state index in [0.717, 1.165) is 4.31 Å². The second-order valence-electron chi connectivity index (χ2n) is 7.27. The molecule has 1 saturated carbocycles. The van der Waals surface area contributed by atoms with Crippen LogP contribution in [0.2, 0.25) is 0 Å². The molecule has 2 aromatic rings. The predicted molar refractivity (Wildman–Crippen MR) is 92.3 cm³/mol. The second-order valence-corrected chi connectivity index (χ2v) is 8.82. The Balaban J connectivity index is 1.59. The Hall–Kier alpha value is -1.91. The summed E-state index contributed by atoms with van der Waals surface area (Å²) in [7, 11) is -3.87. The molecule has 27 heavy (non-hydrogen) atoms. The third-order valence-electron chi connectivity index (χ3n) is 5.78. The molecule has 0 radical (unpaired) electrons. The van der Waals surface area contributed by atoms with E-state index in [4.69, 9.17) is 5.14 Å². The molecule has 0 unspecified atom stereocenters. The van der Waals surface area contributed by atoms with Crippen LogP contribution in [0.4, 0.5) is 13.2 Å². The molecule has 1 saturated heterocycles. The van der Waals surface area contributed by atoms with Gasteiger partial charge in [0.15, 0.2) is 0 Å². The van der Waals surface area contributed by atoms with E-state index in [2.05, 4.69) is 5.10 Å². The highest BCUT2D eigenvalue weighted by Gasteiger charge is 2.81. The van der Waals surface area contributed by atoms with E-state index in [1.54, 1.807) is 25.3 Å². The van der Waals surface area contributed by atoms with Crippen LogP contribution in [0.5, 0.6) is 0 Å². The molecule has 2 N–H and O–H groups in total. The lowest BCUT2D eigenvalue weighted by molar-refractivity contribution is 0.0412. The van der Waals surface area contributed by atoms with Crippen molar-refractivity contribution in [3.63, 3.8) is 0 Å². The summed E-state index contributed by atoms with van der Waals surface area (Å²) in [6.45, 7) is 1.67. The number of halogens is 3. The van der Waals surface area contributed by atoms with Crippen molar-refractivity contribution in [3.8, 4) is 5.69 Å². The van der Waals surface area contributed by atoms with Crippen LogP contribution in [-0.4, -0.2) is 41.5 Å². The highest BCUT2D eigenvalue weighted by molar-refractivity contribution is 7.86. The standard InChI is InChI=1S/C17H19F3N4O2S/c1-11-10-12(18)2-3-14(11)24-7-4-13(22-24)15-16(17(15,19)20)5-8-23(9-6-16)27(21,25)26/h2-4,7,10,15H,5-6,8-9H2,1H3,(H2,21,25,26)/t15-/m0/s1. The summed E-state index contributed by atoms with van der Waals surface area (Å²) < 4.78 is 68.0. The summed E-state index contributed by atoms with van der Waals surface area (Å²) in [6, 6.07) is 5.74. The van der Waals surface area contributed by atoms with Crippen LogP contribution in [0.15, 0.2) is 30.5 Å². The van der Waals surface area contributed by atoms with Crippen molar-refractivity contribution in [1.29, 1.82) is 0 Å². The number of benzene rings is 1. The Morgan fingerprint density at radius 2 is 1.89 bits per heavy atom. The molecule has 1 atom stereocenters. The number of hydrogen-bond donors (Lipinski definition) is 1. The van der Waals surface area contributed by atoms with Crippen LogP contribution >= 0.6 is 0 Å². The van der Waals surface area contributed by atoms with Gasteiger partial charge in [0.05, 0.1) is 22.7 Å². The topological polar surface area (TPSA) is 81.2 Å². The lowest BCUT2D eigenvalue weighted by atomic mass is 9.90. The Labute approximate surface area is 154 Å². The van der Waals surface area contributed by atoms with Gasteiger partial charge in [-0.1, -0.05) is 0 Å². The van der Waals surface area contributed by atoms with E-state index in [9.17, 15) is 21.6 Å². The van der Waals surface area contributed by atoms with Gasteiger partial charge in [0.25, 0.3) is 16.1 Å². The van der Waals surface area contributed by atoms with Gasteiger partial charge in [0, 0.05) is 19.3 Å². The van der Waals surface area contributed by atoms with Gasteiger partial charge in [-0.15, -0.1) is 0 Å². The van der Waals surface area contributed by atoms with Crippen LogP contribution in [-0.2, 0) is 10.2 Å². The molecule has 146 valence electrons. The number of hydrogen-bond acceptors (Lipinski definition) is 3. The minimum Gasteiger partial charge on any atom is -0.240 e. The lowest BCUT2D eigenvalue weighted by Gasteiger charge is -2.30. The van der Waals surface area contributed by atoms with Gasteiger partial charge in [0.2, 0.25) is 0 Å². The monoisotopic (exact) mass is 400 g/mol. The van der Waals surface area contributed by atoms with Gasteiger partial charge < -0.3 is 0 Å². The van der Waals surface area contributed by atoms with Crippen LogP contribution in [0, 0.1) is 18.2 Å². The van der Waals surface area contributed by atoms with Crippen molar-refractivity contribution < 1.29 is 21.6 Å². The van der Waals surface area contributed by atoms with Crippen molar-refractivity contribution in [2.75, 3.05) is 13.1 Å². The van der Waals surface area contributed by atoms with Crippen LogP contribution in [0.25, 0.3) is 5.69 Å². The van der Waals surface area contributed by atoms with E-state index in [0.29, 0.717) is 11.3 Å². The van der Waals surface area contributed by atoms with Crippen molar-refractivity contribution in [1.82, 2.24) is 14.1 Å². The second kappa shape index (κ2) is 5.79. The largest absolute Gasteiger partial charge is 0.276 e. The zero-order chi connectivity index (χ0) is 19.6. The molecule has 4 rings (SSSR count). The van der Waals surface area contributed by atoms with Crippen molar-refractivity contribution in [3.05, 3.63) is 47.5 Å². The molecular weight excluding hydrogens is 381 g/mol. The van der Waals surface area contributed by atoms with Crippen molar-refractivity contribution in [2.24, 2.45) is 10.6 Å². The fourth-order valence-corrected chi connectivity index (χ4v) is 4.93. The molecule has 2 fully saturated rings. The minimum absolute atomic E-state index is 0.0251. The van der Waals surface area contributed by atoms with E-state index in [1.807, 2.05) is 0 Å². The van der Waals surface area contributed by atoms with E-state index in [1.165, 1.54) is 16.8 Å². The summed E-state index contributed by atoms with van der Waals surface area (Å²) in [5.74, 6) is -4.39. The first-order valence-electron chi connectivity index (χ1n) is 8.54. The van der Waals surface area contributed by atoms with E-state index in [-0.39, 0.29) is 37.4 Å². The van der Waals surface area contributed by atoms with Crippen LogP contribution in [0.1, 0.15) is 30.0 Å². The maximum Gasteiger partial charge on any atom is 0.276 e. The number of nitrogens with zero attached hydrogens (tertiary/aromatic N) is 3. The highest BCUT2D eigenvalue weighted by Crippen LogP contribution is 2.75. The minimum atomic E-state index is -3.87. The predicted octanol–water partition coefficient (Wildman–Crippen LogP) is 2.34. The molecule has 2 heterocycles. The molecular formula is C17H19F3N4O2S. The van der Waals surface area contributed by atoms with Gasteiger partial charge in [0.1, 0.15) is 5.82 Å². The average Bonchev–Trinajstić information content (AvgIpc) is 2.87. The molecule has 1 aliphatic carbocycles. The Morgan fingerprint density at radius 3 is 2.48 bits per heavy atom. The smallest absolute Gasteiger partial charge is 0.240 e. The Kier molecular flexibility index (Phi) is 3.96. The lowest BCUT2D eigenvalue weighted by Crippen LogP contribution is -2.43. The van der Waals surface area contributed by atoms with Crippen molar-refractivity contribution in [2.45, 2.75) is 31.6 Å². The molecule has 10 heteroatoms. The number of rotatable bonds is 3. The molecule has 1 aromatic carbocycles. The third-order valence-corrected chi connectivity index (χ3v) is 6.87. The van der Waals surface area contributed by atoms with Crippen molar-refractivity contribution >= 4 is 10.2 Å². The summed E-state index contributed by atoms with van der Waals surface area (Å²) in [4.78, 5) is 0. The van der Waals surface area contributed by atoms with Gasteiger partial charge in [-0.25, -0.2) is 23.0 Å². The fraction of sp³-hybridized carbons (Fsp3) is 0.471. The summed E-state index contributed by atoms with van der Waals surface area (Å²) in [5.41, 5.74) is 0.228. The van der Waals surface area contributed by atoms with E-state index >= 15 is 0 Å². The quantitative estimate of drug-likeness (QED) is 0.859. The normalized spacial score (nSPS) is 24.3. The Bertz CT molecular complexity index is 997. The zero-order valence-corrected chi connectivity index (χ0v) is 15.4. The number of aryl methyl sites for hydroxylation is 1. The number of aromatic nitrogens is 2. The van der Waals surface area contributed by atoms with Gasteiger partial charge >= 0.3 is 0 Å². The average molecular weight is 400 g/mol. The SMILES string of the molecule is Cc1cc(F)ccc1-n1ccc([C@@H]2C(F)(F)C23CCN(S(N)(=O)=O)CC3)n1. The summed E-state index contributed by atoms with van der Waals surface area (Å²) in [6.07, 6.45) is 1.64. The maximum atomic E-state index is 14.7. The first-order chi connectivity index (χ1) is 12.6. The number of alkyl halides is 2. The molecule has 6 nitrogen and oxygen atoms in total. The number of piperidine rings is 1. The molecule has 0 bridgehead atoms. The van der Waals surface area contributed by atoms with Gasteiger partial charge in [-0.2, -0.15) is 17.8 Å². The van der Waals surface area contributed by atoms with Gasteiger partial charge in [-0.3, -0.25) is 0 Å². The molecule has 1 spiro atoms. The van der Waals surface area contributed by atoms with Gasteiger partial charge in [-0.05, 0) is 49.6 Å². The fourth-order valence-electron chi connectivity index (χ4n) is 4.24. The zero-order valence-electron chi connectivity index (χ0n) is 14.6. The highest BCUT2D eigenvalue weighted by atomic mass is 32.2. The Morgan fingerprint density at radius 1 is 1.22 bits per heavy atom. The first-order valence-corrected chi connectivity index (χ1v) is 10.0. The van der Waals surface area contributed by atoms with Crippen LogP contribution < -0.4 is 5.14 Å². The molecule has 2 aliphatic rings. The molecule has 0 amide bonds. The van der Waals surface area contributed by atoms with E-state index < -0.39 is 27.5 Å². The number of nitrogens with two attached hydrogens (primary N) is 1. The maximum absolute atomic E-state index is 14.7. The first kappa shape index (κ1) is 18.5. The molecule has 1 aromatic heterocycles. The third kappa shape index (κ3) is 2.77. The molecule has 1 aliphatic heterocycles. The summed E-state index contributed by atoms with van der Waals surface area (Å²) >= 11 is 0. The summed E-state index contributed by atoms with van der Waals surface area (Å²) in [5, 5.41) is 9.40.